The summed E-state index contributed by atoms with van der Waals surface area (Å²) in [5.41, 5.74) is 5.35. The highest BCUT2D eigenvalue weighted by molar-refractivity contribution is 5.96. The Kier molecular flexibility index (Phi) is 3.07. The molecule has 19 heavy (non-hydrogen) atoms. The molecule has 0 unspecified atom stereocenters. The number of ether oxygens (including phenoxy) is 1. The molecule has 100 valence electrons. The lowest BCUT2D eigenvalue weighted by molar-refractivity contribution is 0.415. The number of hydrogen-bond donors (Lipinski definition) is 1. The molecule has 3 heteroatoms. The third kappa shape index (κ3) is 2.04. The van der Waals surface area contributed by atoms with Crippen molar-refractivity contribution in [1.82, 2.24) is 9.88 Å². The van der Waals surface area contributed by atoms with Crippen LogP contribution in [0.4, 0.5) is 0 Å². The SMILES string of the molecule is COc1cc(C)c2c(c1)c(C1=CCNCC1)cn2C. The third-order valence-corrected chi connectivity index (χ3v) is 3.89. The molecule has 0 saturated carbocycles. The minimum atomic E-state index is 0.937. The highest BCUT2D eigenvalue weighted by Gasteiger charge is 2.15. The summed E-state index contributed by atoms with van der Waals surface area (Å²) in [7, 11) is 3.85. The lowest BCUT2D eigenvalue weighted by Gasteiger charge is -2.13. The summed E-state index contributed by atoms with van der Waals surface area (Å²) in [6.45, 7) is 4.17. The second-order valence-corrected chi connectivity index (χ2v) is 5.18. The highest BCUT2D eigenvalue weighted by atomic mass is 16.5. The van der Waals surface area contributed by atoms with E-state index in [1.807, 2.05) is 0 Å². The molecule has 0 amide bonds. The Morgan fingerprint density at radius 3 is 2.84 bits per heavy atom. The van der Waals surface area contributed by atoms with Gasteiger partial charge in [-0.3, -0.25) is 0 Å². The zero-order valence-electron chi connectivity index (χ0n) is 11.8. The number of methoxy groups -OCH3 is 1. The maximum absolute atomic E-state index is 5.41. The molecule has 0 spiro atoms. The van der Waals surface area contributed by atoms with E-state index < -0.39 is 0 Å². The molecule has 1 aromatic carbocycles. The van der Waals surface area contributed by atoms with Gasteiger partial charge >= 0.3 is 0 Å². The first-order chi connectivity index (χ1) is 9.20. The van der Waals surface area contributed by atoms with Gasteiger partial charge in [0.2, 0.25) is 0 Å². The van der Waals surface area contributed by atoms with Crippen LogP contribution in [0.3, 0.4) is 0 Å². The van der Waals surface area contributed by atoms with Crippen LogP contribution in [0.1, 0.15) is 17.5 Å². The van der Waals surface area contributed by atoms with Crippen molar-refractivity contribution in [3.05, 3.63) is 35.5 Å². The van der Waals surface area contributed by atoms with Gasteiger partial charge in [-0.05, 0) is 43.2 Å². The zero-order chi connectivity index (χ0) is 13.4. The van der Waals surface area contributed by atoms with Crippen molar-refractivity contribution in [1.29, 1.82) is 0 Å². The van der Waals surface area contributed by atoms with Crippen molar-refractivity contribution in [3.8, 4) is 5.75 Å². The summed E-state index contributed by atoms with van der Waals surface area (Å²) in [4.78, 5) is 0. The summed E-state index contributed by atoms with van der Waals surface area (Å²) in [6, 6.07) is 4.25. The van der Waals surface area contributed by atoms with Crippen LogP contribution in [0.25, 0.3) is 16.5 Å². The molecule has 0 atom stereocenters. The largest absolute Gasteiger partial charge is 0.497 e. The molecule has 2 aromatic rings. The van der Waals surface area contributed by atoms with Crippen molar-refractivity contribution in [2.45, 2.75) is 13.3 Å². The molecule has 3 nitrogen and oxygen atoms in total. The van der Waals surface area contributed by atoms with Crippen LogP contribution in [0.2, 0.25) is 0 Å². The molecule has 3 rings (SSSR count). The Hall–Kier alpha value is -1.74. The molecule has 1 aliphatic rings. The van der Waals surface area contributed by atoms with Crippen LogP contribution in [0.5, 0.6) is 5.75 Å². The number of nitrogens with zero attached hydrogens (tertiary/aromatic N) is 1. The Bertz CT molecular complexity index is 652. The number of fused-ring (bicyclic) bond motifs is 1. The normalized spacial score (nSPS) is 15.6. The molecule has 0 radical (unpaired) electrons. The van der Waals surface area contributed by atoms with Crippen molar-refractivity contribution >= 4 is 16.5 Å². The van der Waals surface area contributed by atoms with Crippen LogP contribution in [-0.2, 0) is 7.05 Å². The fraction of sp³-hybridized carbons (Fsp3) is 0.375. The summed E-state index contributed by atoms with van der Waals surface area (Å²) < 4.78 is 7.64. The average molecular weight is 256 g/mol. The molecule has 0 bridgehead atoms. The van der Waals surface area contributed by atoms with Gasteiger partial charge in [-0.1, -0.05) is 6.08 Å². The Labute approximate surface area is 113 Å². The van der Waals surface area contributed by atoms with Gasteiger partial charge in [0.05, 0.1) is 12.6 Å². The summed E-state index contributed by atoms with van der Waals surface area (Å²) in [5, 5.41) is 4.66. The maximum Gasteiger partial charge on any atom is 0.119 e. The summed E-state index contributed by atoms with van der Waals surface area (Å²) >= 11 is 0. The van der Waals surface area contributed by atoms with Crippen molar-refractivity contribution in [2.24, 2.45) is 7.05 Å². The molecular weight excluding hydrogens is 236 g/mol. The van der Waals surface area contributed by atoms with Gasteiger partial charge in [0.1, 0.15) is 5.75 Å². The Morgan fingerprint density at radius 2 is 2.16 bits per heavy atom. The monoisotopic (exact) mass is 256 g/mol. The number of rotatable bonds is 2. The quantitative estimate of drug-likeness (QED) is 0.894. The van der Waals surface area contributed by atoms with E-state index in [9.17, 15) is 0 Å². The number of aromatic nitrogens is 1. The van der Waals surface area contributed by atoms with Crippen LogP contribution in [-0.4, -0.2) is 24.8 Å². The fourth-order valence-corrected chi connectivity index (χ4v) is 2.99. The average Bonchev–Trinajstić information content (AvgIpc) is 2.77. The molecule has 2 heterocycles. The molecule has 1 N–H and O–H groups in total. The van der Waals surface area contributed by atoms with Gasteiger partial charge in [0.15, 0.2) is 0 Å². The topological polar surface area (TPSA) is 26.2 Å². The first-order valence-electron chi connectivity index (χ1n) is 6.74. The summed E-state index contributed by atoms with van der Waals surface area (Å²) in [6.07, 6.45) is 5.64. The number of benzene rings is 1. The van der Waals surface area contributed by atoms with E-state index >= 15 is 0 Å². The van der Waals surface area contributed by atoms with Gasteiger partial charge in [0.25, 0.3) is 0 Å². The van der Waals surface area contributed by atoms with E-state index in [4.69, 9.17) is 4.74 Å². The van der Waals surface area contributed by atoms with Crippen LogP contribution < -0.4 is 10.1 Å². The van der Waals surface area contributed by atoms with Gasteiger partial charge in [-0.25, -0.2) is 0 Å². The lowest BCUT2D eigenvalue weighted by Crippen LogP contribution is -2.19. The molecule has 1 aromatic heterocycles. The molecule has 0 aliphatic carbocycles. The van der Waals surface area contributed by atoms with E-state index in [2.05, 4.69) is 48.3 Å². The smallest absolute Gasteiger partial charge is 0.119 e. The van der Waals surface area contributed by atoms with E-state index in [0.29, 0.717) is 0 Å². The molecule has 0 saturated heterocycles. The highest BCUT2D eigenvalue weighted by Crippen LogP contribution is 2.33. The number of hydrogen-bond acceptors (Lipinski definition) is 2. The minimum absolute atomic E-state index is 0.937. The van der Waals surface area contributed by atoms with Crippen LogP contribution >= 0.6 is 0 Å². The second kappa shape index (κ2) is 4.74. The van der Waals surface area contributed by atoms with Crippen LogP contribution in [0, 0.1) is 6.92 Å². The van der Waals surface area contributed by atoms with Gasteiger partial charge in [-0.2, -0.15) is 0 Å². The van der Waals surface area contributed by atoms with Crippen molar-refractivity contribution in [2.75, 3.05) is 20.2 Å². The Balaban J connectivity index is 2.25. The van der Waals surface area contributed by atoms with E-state index in [1.54, 1.807) is 7.11 Å². The van der Waals surface area contributed by atoms with Crippen LogP contribution in [0.15, 0.2) is 24.4 Å². The third-order valence-electron chi connectivity index (χ3n) is 3.89. The predicted molar refractivity (Wildman–Crippen MR) is 79.7 cm³/mol. The molecule has 0 fully saturated rings. The standard InChI is InChI=1S/C16H20N2O/c1-11-8-13(19-3)9-14-15(10-18(2)16(11)14)12-4-6-17-7-5-12/h4,8-10,17H,5-7H2,1-3H3. The van der Waals surface area contributed by atoms with E-state index in [1.165, 1.54) is 27.6 Å². The van der Waals surface area contributed by atoms with E-state index in [-0.39, 0.29) is 0 Å². The predicted octanol–water partition coefficient (Wildman–Crippen LogP) is 2.87. The van der Waals surface area contributed by atoms with Crippen molar-refractivity contribution in [3.63, 3.8) is 0 Å². The Morgan fingerprint density at radius 1 is 1.32 bits per heavy atom. The second-order valence-electron chi connectivity index (χ2n) is 5.18. The fourth-order valence-electron chi connectivity index (χ4n) is 2.99. The van der Waals surface area contributed by atoms with E-state index in [0.717, 1.165) is 25.3 Å². The molecular formula is C16H20N2O. The maximum atomic E-state index is 5.41. The van der Waals surface area contributed by atoms with Gasteiger partial charge in [-0.15, -0.1) is 0 Å². The first kappa shape index (κ1) is 12.3. The lowest BCUT2D eigenvalue weighted by atomic mass is 9.98. The van der Waals surface area contributed by atoms with Crippen molar-refractivity contribution < 1.29 is 4.74 Å². The minimum Gasteiger partial charge on any atom is -0.497 e. The van der Waals surface area contributed by atoms with Gasteiger partial charge in [0, 0.05) is 30.7 Å². The summed E-state index contributed by atoms with van der Waals surface area (Å²) in [5.74, 6) is 0.937. The zero-order valence-corrected chi connectivity index (χ0v) is 11.8. The molecule has 1 aliphatic heterocycles. The number of nitrogens with one attached hydrogen (secondary N) is 1. The first-order valence-corrected chi connectivity index (χ1v) is 6.74. The number of aryl methyl sites for hydroxylation is 2. The van der Waals surface area contributed by atoms with Gasteiger partial charge < -0.3 is 14.6 Å².